The van der Waals surface area contributed by atoms with Crippen LogP contribution in [0.4, 0.5) is 5.69 Å². The molecule has 2 aromatic rings. The van der Waals surface area contributed by atoms with E-state index >= 15 is 0 Å². The highest BCUT2D eigenvalue weighted by Crippen LogP contribution is 2.53. The van der Waals surface area contributed by atoms with Crippen molar-refractivity contribution >= 4 is 17.7 Å². The first-order valence-corrected chi connectivity index (χ1v) is 9.99. The Morgan fingerprint density at radius 2 is 1.93 bits per heavy atom. The number of amides is 1. The van der Waals surface area contributed by atoms with Gasteiger partial charge in [-0.2, -0.15) is 0 Å². The molecule has 0 unspecified atom stereocenters. The lowest BCUT2D eigenvalue weighted by molar-refractivity contribution is -0.118. The monoisotopic (exact) mass is 392 g/mol. The summed E-state index contributed by atoms with van der Waals surface area (Å²) < 4.78 is 10.8. The normalized spacial score (nSPS) is 21.8. The van der Waals surface area contributed by atoms with E-state index in [1.807, 2.05) is 24.3 Å². The van der Waals surface area contributed by atoms with Gasteiger partial charge in [0.2, 0.25) is 5.91 Å². The first-order chi connectivity index (χ1) is 13.9. The Morgan fingerprint density at radius 1 is 1.14 bits per heavy atom. The van der Waals surface area contributed by atoms with Crippen molar-refractivity contribution in [3.8, 4) is 11.5 Å². The Labute approximate surface area is 172 Å². The van der Waals surface area contributed by atoms with Crippen molar-refractivity contribution in [2.24, 2.45) is 0 Å². The summed E-state index contributed by atoms with van der Waals surface area (Å²) in [7, 11) is 3.29. The van der Waals surface area contributed by atoms with Crippen molar-refractivity contribution in [2.75, 3.05) is 25.7 Å². The molecule has 1 amide bonds. The molecule has 1 fully saturated rings. The molecule has 29 heavy (non-hydrogen) atoms. The number of nitrogens with one attached hydrogen (secondary N) is 1. The number of carbonyl (C=O) groups is 1. The minimum atomic E-state index is -0.621. The summed E-state index contributed by atoms with van der Waals surface area (Å²) in [5, 5.41) is 3.27. The highest BCUT2D eigenvalue weighted by Gasteiger charge is 2.59. The lowest BCUT2D eigenvalue weighted by Gasteiger charge is -2.40. The summed E-state index contributed by atoms with van der Waals surface area (Å²) in [6, 6.07) is 12.3. The second-order valence-corrected chi connectivity index (χ2v) is 8.17. The number of anilines is 1. The maximum absolute atomic E-state index is 12.5. The average Bonchev–Trinajstić information content (AvgIpc) is 3.16. The van der Waals surface area contributed by atoms with Crippen molar-refractivity contribution in [1.82, 2.24) is 5.32 Å². The third-order valence-corrected chi connectivity index (χ3v) is 6.39. The fourth-order valence-corrected chi connectivity index (χ4v) is 4.61. The molecule has 1 atom stereocenters. The third-order valence-electron chi connectivity index (χ3n) is 6.39. The van der Waals surface area contributed by atoms with Gasteiger partial charge in [-0.15, -0.1) is 0 Å². The van der Waals surface area contributed by atoms with E-state index in [9.17, 15) is 4.79 Å². The molecule has 0 aliphatic carbocycles. The summed E-state index contributed by atoms with van der Waals surface area (Å²) in [6.45, 7) is 6.92. The second kappa shape index (κ2) is 6.83. The highest BCUT2D eigenvalue weighted by atomic mass is 16.5. The molecule has 1 N–H and O–H groups in total. The zero-order valence-corrected chi connectivity index (χ0v) is 17.7. The van der Waals surface area contributed by atoms with Crippen molar-refractivity contribution in [3.63, 3.8) is 0 Å². The number of rotatable bonds is 5. The SMILES string of the molecule is CCc1ccc2c(c1)C(C)(C)[C@]1(/C=C\c3ccc(OC)cc3OC)NC(=O)CN21. The smallest absolute Gasteiger partial charge is 0.241 e. The Kier molecular flexibility index (Phi) is 4.56. The summed E-state index contributed by atoms with van der Waals surface area (Å²) in [5.74, 6) is 1.51. The van der Waals surface area contributed by atoms with E-state index in [1.165, 1.54) is 11.1 Å². The molecule has 5 heteroatoms. The van der Waals surface area contributed by atoms with Gasteiger partial charge in [-0.25, -0.2) is 0 Å². The van der Waals surface area contributed by atoms with Crippen LogP contribution in [-0.2, 0) is 16.6 Å². The van der Waals surface area contributed by atoms with Gasteiger partial charge in [-0.3, -0.25) is 4.79 Å². The molecule has 2 aliphatic heterocycles. The fourth-order valence-electron chi connectivity index (χ4n) is 4.61. The van der Waals surface area contributed by atoms with E-state index in [2.05, 4.69) is 55.3 Å². The molecule has 1 saturated heterocycles. The molecular weight excluding hydrogens is 364 g/mol. The Morgan fingerprint density at radius 3 is 2.62 bits per heavy atom. The van der Waals surface area contributed by atoms with Crippen LogP contribution in [-0.4, -0.2) is 32.3 Å². The molecule has 0 radical (unpaired) electrons. The van der Waals surface area contributed by atoms with Gasteiger partial charge < -0.3 is 19.7 Å². The molecule has 4 rings (SSSR count). The molecule has 0 bridgehead atoms. The van der Waals surface area contributed by atoms with Crippen molar-refractivity contribution in [1.29, 1.82) is 0 Å². The lowest BCUT2D eigenvalue weighted by Crippen LogP contribution is -2.58. The zero-order chi connectivity index (χ0) is 20.8. The Balaban J connectivity index is 1.81. The largest absolute Gasteiger partial charge is 0.497 e. The van der Waals surface area contributed by atoms with Gasteiger partial charge in [0, 0.05) is 22.7 Å². The van der Waals surface area contributed by atoms with Gasteiger partial charge in [0.15, 0.2) is 0 Å². The van der Waals surface area contributed by atoms with Gasteiger partial charge >= 0.3 is 0 Å². The summed E-state index contributed by atoms with van der Waals surface area (Å²) >= 11 is 0. The first kappa shape index (κ1) is 19.4. The van der Waals surface area contributed by atoms with Crippen LogP contribution in [0.2, 0.25) is 0 Å². The molecule has 152 valence electrons. The van der Waals surface area contributed by atoms with E-state index in [-0.39, 0.29) is 11.3 Å². The molecule has 0 spiro atoms. The van der Waals surface area contributed by atoms with Gasteiger partial charge in [0.1, 0.15) is 17.2 Å². The summed E-state index contributed by atoms with van der Waals surface area (Å²) in [6.07, 6.45) is 5.13. The van der Waals surface area contributed by atoms with Gasteiger partial charge in [0.05, 0.1) is 20.8 Å². The number of hydrogen-bond acceptors (Lipinski definition) is 4. The number of fused-ring (bicyclic) bond motifs is 3. The van der Waals surface area contributed by atoms with Crippen LogP contribution in [0, 0.1) is 0 Å². The summed E-state index contributed by atoms with van der Waals surface area (Å²) in [5.41, 5.74) is 3.71. The highest BCUT2D eigenvalue weighted by molar-refractivity contribution is 5.91. The number of methoxy groups -OCH3 is 2. The van der Waals surface area contributed by atoms with Crippen LogP contribution in [0.1, 0.15) is 37.5 Å². The minimum absolute atomic E-state index is 0.0367. The fraction of sp³-hybridized carbons (Fsp3) is 0.375. The van der Waals surface area contributed by atoms with E-state index in [0.29, 0.717) is 6.54 Å². The van der Waals surface area contributed by atoms with Crippen molar-refractivity contribution < 1.29 is 14.3 Å². The van der Waals surface area contributed by atoms with Crippen LogP contribution in [0.5, 0.6) is 11.5 Å². The lowest BCUT2D eigenvalue weighted by atomic mass is 9.75. The van der Waals surface area contributed by atoms with Crippen LogP contribution in [0.15, 0.2) is 42.5 Å². The quantitative estimate of drug-likeness (QED) is 0.838. The maximum atomic E-state index is 12.5. The van der Waals surface area contributed by atoms with Gasteiger partial charge in [-0.1, -0.05) is 39.0 Å². The molecule has 0 aromatic heterocycles. The predicted octanol–water partition coefficient (Wildman–Crippen LogP) is 3.90. The van der Waals surface area contributed by atoms with Gasteiger partial charge in [-0.05, 0) is 41.8 Å². The second-order valence-electron chi connectivity index (χ2n) is 8.17. The molecule has 0 saturated carbocycles. The van der Waals surface area contributed by atoms with E-state index in [1.54, 1.807) is 14.2 Å². The number of nitrogens with zero attached hydrogens (tertiary/aromatic N) is 1. The zero-order valence-electron chi connectivity index (χ0n) is 17.7. The molecule has 2 aliphatic rings. The van der Waals surface area contributed by atoms with Crippen molar-refractivity contribution in [3.05, 3.63) is 59.2 Å². The third kappa shape index (κ3) is 2.79. The molecular formula is C24H28N2O3. The average molecular weight is 392 g/mol. The van der Waals surface area contributed by atoms with Crippen LogP contribution in [0.3, 0.4) is 0 Å². The van der Waals surface area contributed by atoms with E-state index < -0.39 is 5.66 Å². The number of hydrogen-bond donors (Lipinski definition) is 1. The topological polar surface area (TPSA) is 50.8 Å². The first-order valence-electron chi connectivity index (χ1n) is 9.99. The maximum Gasteiger partial charge on any atom is 0.241 e. The number of ether oxygens (including phenoxy) is 2. The molecule has 2 heterocycles. The Bertz CT molecular complexity index is 996. The number of aryl methyl sites for hydroxylation is 1. The molecule has 2 aromatic carbocycles. The van der Waals surface area contributed by atoms with Crippen molar-refractivity contribution in [2.45, 2.75) is 38.3 Å². The predicted molar refractivity (Wildman–Crippen MR) is 116 cm³/mol. The number of benzene rings is 2. The van der Waals surface area contributed by atoms with E-state index in [4.69, 9.17) is 9.47 Å². The van der Waals surface area contributed by atoms with Crippen LogP contribution < -0.4 is 19.7 Å². The van der Waals surface area contributed by atoms with Crippen LogP contribution in [0.25, 0.3) is 6.08 Å². The van der Waals surface area contributed by atoms with Gasteiger partial charge in [0.25, 0.3) is 0 Å². The minimum Gasteiger partial charge on any atom is -0.497 e. The van der Waals surface area contributed by atoms with Crippen LogP contribution >= 0.6 is 0 Å². The summed E-state index contributed by atoms with van der Waals surface area (Å²) in [4.78, 5) is 14.7. The number of carbonyl (C=O) groups excluding carboxylic acids is 1. The van der Waals surface area contributed by atoms with E-state index in [0.717, 1.165) is 29.2 Å². The standard InChI is InChI=1S/C24H28N2O3/c1-6-16-7-10-20-19(13-16)23(2,3)24(25-22(27)15-26(20)24)12-11-17-8-9-18(28-4)14-21(17)29-5/h7-14H,6,15H2,1-5H3,(H,25,27)/b12-11-/t24-/m1/s1. The molecule has 5 nitrogen and oxygen atoms in total. The Hall–Kier alpha value is -2.95.